The summed E-state index contributed by atoms with van der Waals surface area (Å²) in [7, 11) is 0. The Labute approximate surface area is 192 Å². The van der Waals surface area contributed by atoms with Gasteiger partial charge >= 0.3 is 0 Å². The number of likely N-dealkylation sites (tertiary alicyclic amines) is 1. The van der Waals surface area contributed by atoms with E-state index in [1.54, 1.807) is 6.20 Å². The minimum atomic E-state index is -0.234. The topological polar surface area (TPSA) is 94.1 Å². The molecule has 3 aromatic rings. The van der Waals surface area contributed by atoms with E-state index in [1.807, 2.05) is 35.4 Å². The van der Waals surface area contributed by atoms with Crippen LogP contribution >= 0.6 is 11.6 Å². The number of nitrogens with one attached hydrogen (secondary N) is 2. The Bertz CT molecular complexity index is 1100. The van der Waals surface area contributed by atoms with Crippen LogP contribution in [0.5, 0.6) is 0 Å². The molecule has 2 aliphatic rings. The molecule has 0 unspecified atom stereocenters. The minimum Gasteiger partial charge on any atom is -0.393 e. The molecule has 2 fully saturated rings. The predicted molar refractivity (Wildman–Crippen MR) is 126 cm³/mol. The van der Waals surface area contributed by atoms with Crippen LogP contribution in [0.1, 0.15) is 38.5 Å². The summed E-state index contributed by atoms with van der Waals surface area (Å²) in [6.07, 6.45) is 8.12. The van der Waals surface area contributed by atoms with Crippen LogP contribution in [0, 0.1) is 5.92 Å². The fourth-order valence-corrected chi connectivity index (χ4v) is 5.09. The summed E-state index contributed by atoms with van der Waals surface area (Å²) in [5.41, 5.74) is 2.69. The van der Waals surface area contributed by atoms with Gasteiger partial charge in [0, 0.05) is 47.7 Å². The molecule has 1 aliphatic carbocycles. The summed E-state index contributed by atoms with van der Waals surface area (Å²) in [5.74, 6) is 0.877. The molecule has 0 radical (unpaired) electrons. The average Bonchev–Trinajstić information content (AvgIpc) is 3.25. The van der Waals surface area contributed by atoms with Gasteiger partial charge in [0.1, 0.15) is 0 Å². The van der Waals surface area contributed by atoms with E-state index in [0.717, 1.165) is 68.1 Å². The number of hydrogen-bond donors (Lipinski definition) is 3. The summed E-state index contributed by atoms with van der Waals surface area (Å²) in [4.78, 5) is 27.2. The van der Waals surface area contributed by atoms with E-state index in [1.165, 1.54) is 0 Å². The fourth-order valence-electron chi connectivity index (χ4n) is 4.90. The molecule has 0 spiro atoms. The molecule has 3 N–H and O–H groups in total. The summed E-state index contributed by atoms with van der Waals surface area (Å²) >= 11 is 6.44. The standard InChI is InChI=1S/C24H28ClN5O2/c25-20-14-27-24(29-22(20)19-13-26-21-4-2-1-3-18(19)21)28-16-9-11-30(12-10-16)23(32)15-5-7-17(31)8-6-15/h1-4,13-17,26,31H,5-12H2,(H,27,28,29). The van der Waals surface area contributed by atoms with E-state index in [2.05, 4.69) is 15.3 Å². The number of para-hydroxylation sites is 1. The average molecular weight is 454 g/mol. The van der Waals surface area contributed by atoms with Crippen LogP contribution in [0.2, 0.25) is 5.02 Å². The number of piperidine rings is 1. The van der Waals surface area contributed by atoms with E-state index >= 15 is 0 Å². The maximum absolute atomic E-state index is 12.8. The van der Waals surface area contributed by atoms with Crippen LogP contribution in [-0.2, 0) is 4.79 Å². The molecule has 0 atom stereocenters. The van der Waals surface area contributed by atoms with Gasteiger partial charge in [-0.25, -0.2) is 9.97 Å². The van der Waals surface area contributed by atoms with Gasteiger partial charge in [0.05, 0.1) is 23.0 Å². The number of aliphatic hydroxyl groups excluding tert-OH is 1. The zero-order chi connectivity index (χ0) is 22.1. The Hall–Kier alpha value is -2.64. The van der Waals surface area contributed by atoms with E-state index in [9.17, 15) is 9.90 Å². The summed E-state index contributed by atoms with van der Waals surface area (Å²) in [5, 5.41) is 14.7. The molecule has 1 amide bonds. The number of aliphatic hydroxyl groups is 1. The molecule has 5 rings (SSSR count). The van der Waals surface area contributed by atoms with Gasteiger partial charge in [0.15, 0.2) is 0 Å². The Kier molecular flexibility index (Phi) is 6.02. The number of amides is 1. The number of aromatic amines is 1. The normalized spacial score (nSPS) is 22.2. The van der Waals surface area contributed by atoms with Gasteiger partial charge in [-0.3, -0.25) is 4.79 Å². The quantitative estimate of drug-likeness (QED) is 0.549. The summed E-state index contributed by atoms with van der Waals surface area (Å²) in [6.45, 7) is 1.47. The molecule has 168 valence electrons. The smallest absolute Gasteiger partial charge is 0.225 e. The number of hydrogen-bond acceptors (Lipinski definition) is 5. The molecule has 1 saturated heterocycles. The Morgan fingerprint density at radius 2 is 1.88 bits per heavy atom. The first kappa shape index (κ1) is 21.2. The maximum atomic E-state index is 12.8. The number of halogens is 1. The predicted octanol–water partition coefficient (Wildman–Crippen LogP) is 4.23. The van der Waals surface area contributed by atoms with Crippen LogP contribution in [-0.4, -0.2) is 56.1 Å². The zero-order valence-corrected chi connectivity index (χ0v) is 18.7. The third-order valence-electron chi connectivity index (χ3n) is 6.77. The molecule has 2 aromatic heterocycles. The van der Waals surface area contributed by atoms with Crippen molar-refractivity contribution < 1.29 is 9.90 Å². The van der Waals surface area contributed by atoms with E-state index < -0.39 is 0 Å². The highest BCUT2D eigenvalue weighted by Crippen LogP contribution is 2.33. The van der Waals surface area contributed by atoms with Crippen molar-refractivity contribution in [1.29, 1.82) is 0 Å². The van der Waals surface area contributed by atoms with Gasteiger partial charge in [-0.1, -0.05) is 29.8 Å². The summed E-state index contributed by atoms with van der Waals surface area (Å²) < 4.78 is 0. The van der Waals surface area contributed by atoms with Gasteiger partial charge < -0.3 is 20.3 Å². The highest BCUT2D eigenvalue weighted by Gasteiger charge is 2.31. The fraction of sp³-hybridized carbons (Fsp3) is 0.458. The van der Waals surface area contributed by atoms with Crippen molar-refractivity contribution >= 4 is 34.4 Å². The van der Waals surface area contributed by atoms with Crippen molar-refractivity contribution in [3.63, 3.8) is 0 Å². The lowest BCUT2D eigenvalue weighted by molar-refractivity contribution is -0.138. The zero-order valence-electron chi connectivity index (χ0n) is 17.9. The molecule has 1 aromatic carbocycles. The largest absolute Gasteiger partial charge is 0.393 e. The van der Waals surface area contributed by atoms with Crippen LogP contribution in [0.4, 0.5) is 5.95 Å². The lowest BCUT2D eigenvalue weighted by atomic mass is 9.86. The number of benzene rings is 1. The third kappa shape index (κ3) is 4.32. The first-order valence-electron chi connectivity index (χ1n) is 11.4. The van der Waals surface area contributed by atoms with Gasteiger partial charge in [-0.15, -0.1) is 0 Å². The Balaban J connectivity index is 1.23. The van der Waals surface area contributed by atoms with Crippen LogP contribution in [0.25, 0.3) is 22.2 Å². The third-order valence-corrected chi connectivity index (χ3v) is 7.05. The second-order valence-corrected chi connectivity index (χ2v) is 9.29. The highest BCUT2D eigenvalue weighted by molar-refractivity contribution is 6.33. The summed E-state index contributed by atoms with van der Waals surface area (Å²) in [6, 6.07) is 8.28. The first-order chi connectivity index (χ1) is 15.6. The molecule has 8 heteroatoms. The van der Waals surface area contributed by atoms with E-state index in [-0.39, 0.29) is 24.0 Å². The van der Waals surface area contributed by atoms with E-state index in [0.29, 0.717) is 16.7 Å². The van der Waals surface area contributed by atoms with Crippen LogP contribution < -0.4 is 5.32 Å². The molecule has 1 aliphatic heterocycles. The van der Waals surface area contributed by atoms with Gasteiger partial charge in [0.25, 0.3) is 0 Å². The molecule has 1 saturated carbocycles. The van der Waals surface area contributed by atoms with Gasteiger partial charge in [-0.05, 0) is 44.6 Å². The van der Waals surface area contributed by atoms with E-state index in [4.69, 9.17) is 16.6 Å². The van der Waals surface area contributed by atoms with Crippen LogP contribution in [0.3, 0.4) is 0 Å². The second kappa shape index (κ2) is 9.08. The molecule has 7 nitrogen and oxygen atoms in total. The Morgan fingerprint density at radius 1 is 1.12 bits per heavy atom. The lowest BCUT2D eigenvalue weighted by Crippen LogP contribution is -2.45. The number of carbonyl (C=O) groups excluding carboxylic acids is 1. The first-order valence-corrected chi connectivity index (χ1v) is 11.8. The van der Waals surface area contributed by atoms with Crippen molar-refractivity contribution in [3.05, 3.63) is 41.7 Å². The number of rotatable bonds is 4. The van der Waals surface area contributed by atoms with Crippen molar-refractivity contribution in [2.45, 2.75) is 50.7 Å². The molecule has 3 heterocycles. The van der Waals surface area contributed by atoms with Crippen molar-refractivity contribution in [3.8, 4) is 11.3 Å². The van der Waals surface area contributed by atoms with Gasteiger partial charge in [0.2, 0.25) is 11.9 Å². The number of H-pyrrole nitrogens is 1. The SMILES string of the molecule is O=C(C1CCC(O)CC1)N1CCC(Nc2ncc(Cl)c(-c3c[nH]c4ccccc34)n2)CC1. The van der Waals surface area contributed by atoms with Crippen molar-refractivity contribution in [2.24, 2.45) is 5.92 Å². The monoisotopic (exact) mass is 453 g/mol. The number of carbonyl (C=O) groups is 1. The number of anilines is 1. The molecule has 32 heavy (non-hydrogen) atoms. The number of nitrogens with zero attached hydrogens (tertiary/aromatic N) is 3. The molecule has 0 bridgehead atoms. The van der Waals surface area contributed by atoms with Crippen LogP contribution in [0.15, 0.2) is 36.7 Å². The molecular formula is C24H28ClN5O2. The maximum Gasteiger partial charge on any atom is 0.225 e. The Morgan fingerprint density at radius 3 is 2.66 bits per heavy atom. The number of fused-ring (bicyclic) bond motifs is 1. The lowest BCUT2D eigenvalue weighted by Gasteiger charge is -2.36. The van der Waals surface area contributed by atoms with Crippen molar-refractivity contribution in [1.82, 2.24) is 19.9 Å². The second-order valence-electron chi connectivity index (χ2n) is 8.89. The highest BCUT2D eigenvalue weighted by atomic mass is 35.5. The number of aromatic nitrogens is 3. The molecular weight excluding hydrogens is 426 g/mol. The minimum absolute atomic E-state index is 0.0706. The van der Waals surface area contributed by atoms with Crippen molar-refractivity contribution in [2.75, 3.05) is 18.4 Å². The van der Waals surface area contributed by atoms with Gasteiger partial charge in [-0.2, -0.15) is 0 Å².